The highest BCUT2D eigenvalue weighted by atomic mass is 16.5. The number of nitrogens with one attached hydrogen (secondary N) is 1. The van der Waals surface area contributed by atoms with Crippen molar-refractivity contribution in [1.29, 1.82) is 0 Å². The first kappa shape index (κ1) is 19.6. The Hall–Kier alpha value is -3.15. The standard InChI is InChI=1S/C22H26N4O2/c1-4-28-22-12-8-19(15-24-22)14-23-21(27)11-7-18-5-9-20(10-6-18)26-17(3)13-16(2)25-26/h5-6,8-10,12-13,15H,4,7,11,14H2,1-3H3,(H,23,27). The topological polar surface area (TPSA) is 69.0 Å². The molecule has 3 rings (SSSR count). The fourth-order valence-corrected chi connectivity index (χ4v) is 2.99. The van der Waals surface area contributed by atoms with Crippen molar-refractivity contribution in [2.24, 2.45) is 0 Å². The first-order chi connectivity index (χ1) is 13.5. The van der Waals surface area contributed by atoms with Gasteiger partial charge in [-0.2, -0.15) is 5.10 Å². The van der Waals surface area contributed by atoms with Gasteiger partial charge in [-0.05, 0) is 56.5 Å². The van der Waals surface area contributed by atoms with Crippen LogP contribution in [0.25, 0.3) is 5.69 Å². The molecule has 0 aliphatic rings. The number of rotatable bonds is 8. The Labute approximate surface area is 165 Å². The number of aryl methyl sites for hydroxylation is 3. The molecule has 0 saturated heterocycles. The number of hydrogen-bond donors (Lipinski definition) is 1. The summed E-state index contributed by atoms with van der Waals surface area (Å²) in [5, 5.41) is 7.43. The van der Waals surface area contributed by atoms with Gasteiger partial charge >= 0.3 is 0 Å². The van der Waals surface area contributed by atoms with E-state index in [0.717, 1.165) is 28.2 Å². The second-order valence-electron chi connectivity index (χ2n) is 6.72. The molecule has 28 heavy (non-hydrogen) atoms. The van der Waals surface area contributed by atoms with Gasteiger partial charge in [0.15, 0.2) is 0 Å². The minimum atomic E-state index is 0.0245. The largest absolute Gasteiger partial charge is 0.478 e. The molecule has 6 heteroatoms. The number of ether oxygens (including phenoxy) is 1. The van der Waals surface area contributed by atoms with Gasteiger partial charge in [-0.25, -0.2) is 9.67 Å². The van der Waals surface area contributed by atoms with Gasteiger partial charge in [0.05, 0.1) is 18.0 Å². The van der Waals surface area contributed by atoms with Gasteiger partial charge in [0, 0.05) is 30.9 Å². The summed E-state index contributed by atoms with van der Waals surface area (Å²) in [6.07, 6.45) is 2.87. The molecular formula is C22H26N4O2. The van der Waals surface area contributed by atoms with E-state index >= 15 is 0 Å². The lowest BCUT2D eigenvalue weighted by Crippen LogP contribution is -2.23. The predicted octanol–water partition coefficient (Wildman–Crippen LogP) is 3.53. The van der Waals surface area contributed by atoms with Gasteiger partial charge in [0.25, 0.3) is 0 Å². The third kappa shape index (κ3) is 5.19. The van der Waals surface area contributed by atoms with E-state index < -0.39 is 0 Å². The van der Waals surface area contributed by atoms with Gasteiger partial charge in [-0.15, -0.1) is 0 Å². The SMILES string of the molecule is CCOc1ccc(CNC(=O)CCc2ccc(-n3nc(C)cc3C)cc2)cn1. The number of benzene rings is 1. The summed E-state index contributed by atoms with van der Waals surface area (Å²) in [6.45, 7) is 7.00. The number of pyridine rings is 1. The van der Waals surface area contributed by atoms with E-state index in [1.165, 1.54) is 0 Å². The third-order valence-corrected chi connectivity index (χ3v) is 4.41. The number of hydrogen-bond acceptors (Lipinski definition) is 4. The van der Waals surface area contributed by atoms with E-state index in [2.05, 4.69) is 33.6 Å². The average molecular weight is 378 g/mol. The van der Waals surface area contributed by atoms with Crippen LogP contribution in [-0.4, -0.2) is 27.3 Å². The second-order valence-corrected chi connectivity index (χ2v) is 6.72. The van der Waals surface area contributed by atoms with Crippen LogP contribution in [0.3, 0.4) is 0 Å². The Balaban J connectivity index is 1.47. The Morgan fingerprint density at radius 2 is 1.86 bits per heavy atom. The fourth-order valence-electron chi connectivity index (χ4n) is 2.99. The van der Waals surface area contributed by atoms with Crippen molar-refractivity contribution < 1.29 is 9.53 Å². The van der Waals surface area contributed by atoms with Gasteiger partial charge in [-0.1, -0.05) is 18.2 Å². The molecule has 0 aliphatic carbocycles. The van der Waals surface area contributed by atoms with Crippen LogP contribution in [0.2, 0.25) is 0 Å². The van der Waals surface area contributed by atoms with E-state index in [1.54, 1.807) is 6.20 Å². The lowest BCUT2D eigenvalue weighted by molar-refractivity contribution is -0.121. The van der Waals surface area contributed by atoms with Crippen LogP contribution in [0.15, 0.2) is 48.7 Å². The zero-order chi connectivity index (χ0) is 19.9. The maximum atomic E-state index is 12.1. The van der Waals surface area contributed by atoms with Crippen molar-refractivity contribution in [1.82, 2.24) is 20.1 Å². The Morgan fingerprint density at radius 3 is 2.46 bits per heavy atom. The first-order valence-electron chi connectivity index (χ1n) is 9.52. The molecule has 3 aromatic rings. The summed E-state index contributed by atoms with van der Waals surface area (Å²) in [6, 6.07) is 14.0. The molecule has 2 aromatic heterocycles. The second kappa shape index (κ2) is 9.17. The number of nitrogens with zero attached hydrogens (tertiary/aromatic N) is 3. The summed E-state index contributed by atoms with van der Waals surface area (Å²) in [7, 11) is 0. The van der Waals surface area contributed by atoms with Crippen molar-refractivity contribution in [2.45, 2.75) is 40.2 Å². The van der Waals surface area contributed by atoms with Crippen LogP contribution in [0.5, 0.6) is 5.88 Å². The summed E-state index contributed by atoms with van der Waals surface area (Å²) in [5.74, 6) is 0.623. The summed E-state index contributed by atoms with van der Waals surface area (Å²) in [5.41, 5.74) is 5.21. The Bertz CT molecular complexity index is 915. The van der Waals surface area contributed by atoms with Gasteiger partial charge in [0.2, 0.25) is 11.8 Å². The molecule has 0 spiro atoms. The van der Waals surface area contributed by atoms with E-state index in [9.17, 15) is 4.79 Å². The minimum absolute atomic E-state index is 0.0245. The molecule has 0 radical (unpaired) electrons. The molecule has 0 fully saturated rings. The molecule has 1 N–H and O–H groups in total. The van der Waals surface area contributed by atoms with E-state index in [1.807, 2.05) is 49.7 Å². The summed E-state index contributed by atoms with van der Waals surface area (Å²) >= 11 is 0. The molecule has 1 aromatic carbocycles. The van der Waals surface area contributed by atoms with Crippen LogP contribution < -0.4 is 10.1 Å². The van der Waals surface area contributed by atoms with E-state index in [-0.39, 0.29) is 5.91 Å². The molecular weight excluding hydrogens is 352 g/mol. The molecule has 0 saturated carbocycles. The highest BCUT2D eigenvalue weighted by Gasteiger charge is 2.06. The van der Waals surface area contributed by atoms with Crippen LogP contribution >= 0.6 is 0 Å². The summed E-state index contributed by atoms with van der Waals surface area (Å²) in [4.78, 5) is 16.3. The van der Waals surface area contributed by atoms with Crippen LogP contribution in [0, 0.1) is 13.8 Å². The van der Waals surface area contributed by atoms with Crippen LogP contribution in [0.4, 0.5) is 0 Å². The number of carbonyl (C=O) groups is 1. The monoisotopic (exact) mass is 378 g/mol. The molecule has 0 unspecified atom stereocenters. The lowest BCUT2D eigenvalue weighted by Gasteiger charge is -2.08. The van der Waals surface area contributed by atoms with Crippen LogP contribution in [-0.2, 0) is 17.8 Å². The third-order valence-electron chi connectivity index (χ3n) is 4.41. The van der Waals surface area contributed by atoms with Crippen LogP contribution in [0.1, 0.15) is 35.9 Å². The quantitative estimate of drug-likeness (QED) is 0.651. The molecule has 2 heterocycles. The lowest BCUT2D eigenvalue weighted by atomic mass is 10.1. The van der Waals surface area contributed by atoms with E-state index in [0.29, 0.717) is 31.9 Å². The van der Waals surface area contributed by atoms with Gasteiger partial charge < -0.3 is 10.1 Å². The van der Waals surface area contributed by atoms with Crippen molar-refractivity contribution in [2.75, 3.05) is 6.61 Å². The normalized spacial score (nSPS) is 10.7. The zero-order valence-electron chi connectivity index (χ0n) is 16.6. The molecule has 6 nitrogen and oxygen atoms in total. The smallest absolute Gasteiger partial charge is 0.220 e. The van der Waals surface area contributed by atoms with Crippen molar-refractivity contribution >= 4 is 5.91 Å². The number of amides is 1. The van der Waals surface area contributed by atoms with Crippen molar-refractivity contribution in [3.05, 3.63) is 71.2 Å². The Morgan fingerprint density at radius 1 is 1.11 bits per heavy atom. The molecule has 0 aliphatic heterocycles. The average Bonchev–Trinajstić information content (AvgIpc) is 3.04. The van der Waals surface area contributed by atoms with E-state index in [4.69, 9.17) is 4.74 Å². The number of aromatic nitrogens is 3. The highest BCUT2D eigenvalue weighted by Crippen LogP contribution is 2.14. The molecule has 0 bridgehead atoms. The van der Waals surface area contributed by atoms with Crippen molar-refractivity contribution in [3.8, 4) is 11.6 Å². The summed E-state index contributed by atoms with van der Waals surface area (Å²) < 4.78 is 7.24. The van der Waals surface area contributed by atoms with Crippen molar-refractivity contribution in [3.63, 3.8) is 0 Å². The Kier molecular flexibility index (Phi) is 6.42. The molecule has 146 valence electrons. The molecule has 0 atom stereocenters. The minimum Gasteiger partial charge on any atom is -0.478 e. The van der Waals surface area contributed by atoms with Gasteiger partial charge in [0.1, 0.15) is 0 Å². The number of carbonyl (C=O) groups excluding carboxylic acids is 1. The maximum absolute atomic E-state index is 12.1. The zero-order valence-corrected chi connectivity index (χ0v) is 16.6. The maximum Gasteiger partial charge on any atom is 0.220 e. The predicted molar refractivity (Wildman–Crippen MR) is 109 cm³/mol. The van der Waals surface area contributed by atoms with Gasteiger partial charge in [-0.3, -0.25) is 4.79 Å². The highest BCUT2D eigenvalue weighted by molar-refractivity contribution is 5.76. The molecule has 1 amide bonds. The first-order valence-corrected chi connectivity index (χ1v) is 9.52. The fraction of sp³-hybridized carbons (Fsp3) is 0.318.